The predicted molar refractivity (Wildman–Crippen MR) is 88.5 cm³/mol. The summed E-state index contributed by atoms with van der Waals surface area (Å²) in [7, 11) is 0. The molecule has 2 heterocycles. The van der Waals surface area contributed by atoms with Crippen LogP contribution in [0.25, 0.3) is 0 Å². The SMILES string of the molecule is CC(C)(C)OC(=O)N1CCC(CNCC(=O)c2ccc[nH]2)CC1. The number of piperidine rings is 1. The first-order chi connectivity index (χ1) is 10.8. The van der Waals surface area contributed by atoms with Crippen LogP contribution in [0.2, 0.25) is 0 Å². The Bertz CT molecular complexity index is 512. The van der Waals surface area contributed by atoms with Crippen molar-refractivity contribution in [3.8, 4) is 0 Å². The molecule has 6 heteroatoms. The van der Waals surface area contributed by atoms with Gasteiger partial charge in [-0.15, -0.1) is 0 Å². The van der Waals surface area contributed by atoms with Crippen LogP contribution in [0, 0.1) is 5.92 Å². The number of carbonyl (C=O) groups excluding carboxylic acids is 2. The van der Waals surface area contributed by atoms with Crippen LogP contribution >= 0.6 is 0 Å². The second kappa shape index (κ2) is 7.64. The third-order valence-corrected chi connectivity index (χ3v) is 3.88. The molecule has 0 aliphatic carbocycles. The highest BCUT2D eigenvalue weighted by molar-refractivity contribution is 5.95. The zero-order valence-electron chi connectivity index (χ0n) is 14.2. The van der Waals surface area contributed by atoms with Crippen LogP contribution in [0.4, 0.5) is 4.79 Å². The molecule has 0 spiro atoms. The van der Waals surface area contributed by atoms with Gasteiger partial charge in [0.05, 0.1) is 12.2 Å². The zero-order valence-corrected chi connectivity index (χ0v) is 14.2. The molecule has 128 valence electrons. The van der Waals surface area contributed by atoms with Gasteiger partial charge in [-0.05, 0) is 58.2 Å². The van der Waals surface area contributed by atoms with Gasteiger partial charge < -0.3 is 19.9 Å². The molecule has 0 bridgehead atoms. The summed E-state index contributed by atoms with van der Waals surface area (Å²) in [4.78, 5) is 28.5. The van der Waals surface area contributed by atoms with E-state index in [0.717, 1.165) is 19.4 Å². The van der Waals surface area contributed by atoms with Gasteiger partial charge in [-0.2, -0.15) is 0 Å². The highest BCUT2D eigenvalue weighted by Crippen LogP contribution is 2.19. The first kappa shape index (κ1) is 17.5. The first-order valence-corrected chi connectivity index (χ1v) is 8.20. The number of hydrogen-bond acceptors (Lipinski definition) is 4. The van der Waals surface area contributed by atoms with Crippen molar-refractivity contribution < 1.29 is 14.3 Å². The van der Waals surface area contributed by atoms with Crippen LogP contribution < -0.4 is 5.32 Å². The van der Waals surface area contributed by atoms with Gasteiger partial charge >= 0.3 is 6.09 Å². The van der Waals surface area contributed by atoms with E-state index in [2.05, 4.69) is 10.3 Å². The molecule has 0 saturated carbocycles. The van der Waals surface area contributed by atoms with Crippen molar-refractivity contribution in [2.45, 2.75) is 39.2 Å². The Hall–Kier alpha value is -1.82. The quantitative estimate of drug-likeness (QED) is 0.817. The summed E-state index contributed by atoms with van der Waals surface area (Å²) in [5.74, 6) is 0.561. The van der Waals surface area contributed by atoms with E-state index in [9.17, 15) is 9.59 Å². The van der Waals surface area contributed by atoms with E-state index in [0.29, 0.717) is 31.2 Å². The minimum atomic E-state index is -0.451. The van der Waals surface area contributed by atoms with Gasteiger partial charge in [0, 0.05) is 19.3 Å². The number of rotatable bonds is 5. The number of likely N-dealkylation sites (tertiary alicyclic amines) is 1. The largest absolute Gasteiger partial charge is 0.444 e. The summed E-state index contributed by atoms with van der Waals surface area (Å²) in [5, 5.41) is 3.22. The number of hydrogen-bond donors (Lipinski definition) is 2. The standard InChI is InChI=1S/C17H27N3O3/c1-17(2,3)23-16(22)20-9-6-13(7-10-20)11-18-12-15(21)14-5-4-8-19-14/h4-5,8,13,18-19H,6-7,9-12H2,1-3H3. The maximum atomic E-state index is 12.0. The van der Waals surface area contributed by atoms with Crippen molar-refractivity contribution >= 4 is 11.9 Å². The van der Waals surface area contributed by atoms with Crippen molar-refractivity contribution in [1.82, 2.24) is 15.2 Å². The van der Waals surface area contributed by atoms with Gasteiger partial charge in [0.25, 0.3) is 0 Å². The molecule has 1 fully saturated rings. The van der Waals surface area contributed by atoms with E-state index in [1.807, 2.05) is 26.8 Å². The molecule has 0 atom stereocenters. The second-order valence-electron chi connectivity index (χ2n) is 7.05. The molecule has 23 heavy (non-hydrogen) atoms. The third kappa shape index (κ3) is 5.71. The van der Waals surface area contributed by atoms with Crippen LogP contribution in [-0.4, -0.2) is 53.5 Å². The molecular weight excluding hydrogens is 294 g/mol. The fourth-order valence-electron chi connectivity index (χ4n) is 2.63. The Morgan fingerprint density at radius 1 is 1.35 bits per heavy atom. The van der Waals surface area contributed by atoms with Crippen molar-refractivity contribution in [3.05, 3.63) is 24.0 Å². The fraction of sp³-hybridized carbons (Fsp3) is 0.647. The van der Waals surface area contributed by atoms with E-state index in [-0.39, 0.29) is 11.9 Å². The molecule has 0 aromatic carbocycles. The van der Waals surface area contributed by atoms with E-state index in [4.69, 9.17) is 4.74 Å². The molecule has 1 aliphatic rings. The summed E-state index contributed by atoms with van der Waals surface area (Å²) in [6.45, 7) is 8.20. The topological polar surface area (TPSA) is 74.4 Å². The van der Waals surface area contributed by atoms with Gasteiger partial charge in [-0.25, -0.2) is 4.79 Å². The number of aromatic nitrogens is 1. The summed E-state index contributed by atoms with van der Waals surface area (Å²) in [6, 6.07) is 3.60. The average molecular weight is 321 g/mol. The van der Waals surface area contributed by atoms with Gasteiger partial charge in [-0.3, -0.25) is 4.79 Å². The monoisotopic (exact) mass is 321 g/mol. The third-order valence-electron chi connectivity index (χ3n) is 3.88. The zero-order chi connectivity index (χ0) is 16.9. The highest BCUT2D eigenvalue weighted by Gasteiger charge is 2.26. The Balaban J connectivity index is 1.65. The molecular formula is C17H27N3O3. The fourth-order valence-corrected chi connectivity index (χ4v) is 2.63. The summed E-state index contributed by atoms with van der Waals surface area (Å²) >= 11 is 0. The van der Waals surface area contributed by atoms with Crippen LogP contribution in [0.1, 0.15) is 44.1 Å². The number of ketones is 1. The Morgan fingerprint density at radius 3 is 2.61 bits per heavy atom. The Morgan fingerprint density at radius 2 is 2.04 bits per heavy atom. The lowest BCUT2D eigenvalue weighted by molar-refractivity contribution is 0.0184. The van der Waals surface area contributed by atoms with Crippen molar-refractivity contribution in [1.29, 1.82) is 0 Å². The second-order valence-corrected chi connectivity index (χ2v) is 7.05. The minimum absolute atomic E-state index is 0.0705. The number of amides is 1. The number of H-pyrrole nitrogens is 1. The smallest absolute Gasteiger partial charge is 0.410 e. The number of nitrogens with one attached hydrogen (secondary N) is 2. The molecule has 0 unspecified atom stereocenters. The van der Waals surface area contributed by atoms with E-state index in [1.54, 1.807) is 17.2 Å². The number of carbonyl (C=O) groups is 2. The Kier molecular flexibility index (Phi) is 5.82. The van der Waals surface area contributed by atoms with Crippen molar-refractivity contribution in [3.63, 3.8) is 0 Å². The lowest BCUT2D eigenvalue weighted by atomic mass is 9.97. The maximum Gasteiger partial charge on any atom is 0.410 e. The van der Waals surface area contributed by atoms with E-state index < -0.39 is 5.60 Å². The van der Waals surface area contributed by atoms with E-state index >= 15 is 0 Å². The van der Waals surface area contributed by atoms with Gasteiger partial charge in [-0.1, -0.05) is 0 Å². The van der Waals surface area contributed by atoms with Crippen LogP contribution in [0.3, 0.4) is 0 Å². The summed E-state index contributed by atoms with van der Waals surface area (Å²) < 4.78 is 5.39. The molecule has 2 rings (SSSR count). The molecule has 1 aromatic heterocycles. The molecule has 1 aliphatic heterocycles. The molecule has 1 saturated heterocycles. The minimum Gasteiger partial charge on any atom is -0.444 e. The average Bonchev–Trinajstić information content (AvgIpc) is 3.00. The number of nitrogens with zero attached hydrogens (tertiary/aromatic N) is 1. The van der Waals surface area contributed by atoms with Gasteiger partial charge in [0.1, 0.15) is 5.60 Å². The normalized spacial score (nSPS) is 16.4. The first-order valence-electron chi connectivity index (χ1n) is 8.20. The predicted octanol–water partition coefficient (Wildman–Crippen LogP) is 2.43. The van der Waals surface area contributed by atoms with E-state index in [1.165, 1.54) is 0 Å². The van der Waals surface area contributed by atoms with Crippen molar-refractivity contribution in [2.75, 3.05) is 26.2 Å². The Labute approximate surface area is 137 Å². The number of Topliss-reactive ketones (excluding diaryl/α,β-unsaturated/α-hetero) is 1. The highest BCUT2D eigenvalue weighted by atomic mass is 16.6. The van der Waals surface area contributed by atoms with Crippen LogP contribution in [0.5, 0.6) is 0 Å². The lowest BCUT2D eigenvalue weighted by Crippen LogP contribution is -2.43. The summed E-state index contributed by atoms with van der Waals surface area (Å²) in [6.07, 6.45) is 3.39. The van der Waals surface area contributed by atoms with Gasteiger partial charge in [0.2, 0.25) is 0 Å². The number of ether oxygens (including phenoxy) is 1. The van der Waals surface area contributed by atoms with Crippen LogP contribution in [0.15, 0.2) is 18.3 Å². The van der Waals surface area contributed by atoms with Crippen LogP contribution in [-0.2, 0) is 4.74 Å². The lowest BCUT2D eigenvalue weighted by Gasteiger charge is -2.33. The summed E-state index contributed by atoms with van der Waals surface area (Å²) in [5.41, 5.74) is 0.186. The molecule has 0 radical (unpaired) electrons. The molecule has 2 N–H and O–H groups in total. The van der Waals surface area contributed by atoms with Crippen molar-refractivity contribution in [2.24, 2.45) is 5.92 Å². The van der Waals surface area contributed by atoms with Gasteiger partial charge in [0.15, 0.2) is 5.78 Å². The molecule has 1 aromatic rings. The maximum absolute atomic E-state index is 12.0. The molecule has 6 nitrogen and oxygen atoms in total. The number of aromatic amines is 1. The molecule has 1 amide bonds.